The first-order valence-corrected chi connectivity index (χ1v) is 10.4. The van der Waals surface area contributed by atoms with Crippen LogP contribution in [0.4, 0.5) is 4.39 Å². The molecule has 9 nitrogen and oxygen atoms in total. The number of nitrogens with one attached hydrogen (secondary N) is 2. The van der Waals surface area contributed by atoms with Crippen LogP contribution in [0.3, 0.4) is 0 Å². The normalized spacial score (nSPS) is 12.6. The Labute approximate surface area is 194 Å². The summed E-state index contributed by atoms with van der Waals surface area (Å²) in [5.74, 6) is -1.90. The van der Waals surface area contributed by atoms with Gasteiger partial charge in [0.2, 0.25) is 17.7 Å². The zero-order chi connectivity index (χ0) is 24.8. The van der Waals surface area contributed by atoms with E-state index in [1.165, 1.54) is 50.4 Å². The summed E-state index contributed by atoms with van der Waals surface area (Å²) in [5.41, 5.74) is 6.18. The van der Waals surface area contributed by atoms with E-state index < -0.39 is 41.2 Å². The Morgan fingerprint density at radius 1 is 1.03 bits per heavy atom. The number of benzene rings is 2. The molecule has 34 heavy (non-hydrogen) atoms. The molecule has 1 aromatic heterocycles. The number of ether oxygens (including phenoxy) is 1. The van der Waals surface area contributed by atoms with Gasteiger partial charge in [0.25, 0.3) is 0 Å². The molecule has 3 aromatic rings. The first kappa shape index (κ1) is 24.4. The summed E-state index contributed by atoms with van der Waals surface area (Å²) in [5, 5.41) is 5.62. The number of rotatable bonds is 9. The van der Waals surface area contributed by atoms with Crippen LogP contribution in [-0.4, -0.2) is 36.9 Å². The van der Waals surface area contributed by atoms with Crippen molar-refractivity contribution in [1.29, 1.82) is 0 Å². The highest BCUT2D eigenvalue weighted by Gasteiger charge is 2.26. The van der Waals surface area contributed by atoms with Crippen LogP contribution in [0.1, 0.15) is 18.1 Å². The van der Waals surface area contributed by atoms with Crippen molar-refractivity contribution >= 4 is 28.7 Å². The van der Waals surface area contributed by atoms with Crippen molar-refractivity contribution in [3.05, 3.63) is 75.9 Å². The van der Waals surface area contributed by atoms with Gasteiger partial charge in [-0.15, -0.1) is 0 Å². The largest absolute Gasteiger partial charge is 0.497 e. The first-order valence-electron chi connectivity index (χ1n) is 10.4. The second kappa shape index (κ2) is 10.6. The zero-order valence-corrected chi connectivity index (χ0v) is 18.6. The molecule has 0 aliphatic carbocycles. The summed E-state index contributed by atoms with van der Waals surface area (Å²) < 4.78 is 23.6. The molecule has 0 spiro atoms. The van der Waals surface area contributed by atoms with Crippen LogP contribution in [0.2, 0.25) is 0 Å². The van der Waals surface area contributed by atoms with Gasteiger partial charge in [-0.3, -0.25) is 14.4 Å². The molecule has 2 atom stereocenters. The molecule has 2 aromatic carbocycles. The third-order valence-corrected chi connectivity index (χ3v) is 5.17. The summed E-state index contributed by atoms with van der Waals surface area (Å²) in [6, 6.07) is 9.35. The molecule has 0 bridgehead atoms. The van der Waals surface area contributed by atoms with Gasteiger partial charge in [0, 0.05) is 37.3 Å². The van der Waals surface area contributed by atoms with Crippen LogP contribution >= 0.6 is 0 Å². The van der Waals surface area contributed by atoms with E-state index in [-0.39, 0.29) is 18.4 Å². The lowest BCUT2D eigenvalue weighted by atomic mass is 10.0. The van der Waals surface area contributed by atoms with Gasteiger partial charge in [0.1, 0.15) is 29.2 Å². The molecule has 10 heteroatoms. The number of methoxy groups -OCH3 is 1. The Kier molecular flexibility index (Phi) is 7.62. The van der Waals surface area contributed by atoms with E-state index >= 15 is 0 Å². The van der Waals surface area contributed by atoms with Crippen molar-refractivity contribution in [1.82, 2.24) is 10.6 Å². The maximum absolute atomic E-state index is 13.2. The number of nitrogens with two attached hydrogens (primary N) is 1. The fourth-order valence-corrected chi connectivity index (χ4v) is 3.53. The number of carbonyl (C=O) groups is 3. The van der Waals surface area contributed by atoms with Gasteiger partial charge in [0.15, 0.2) is 0 Å². The van der Waals surface area contributed by atoms with Crippen molar-refractivity contribution in [2.75, 3.05) is 7.11 Å². The maximum atomic E-state index is 13.2. The third-order valence-electron chi connectivity index (χ3n) is 5.17. The summed E-state index contributed by atoms with van der Waals surface area (Å²) in [6.07, 6.45) is -0.0202. The lowest BCUT2D eigenvalue weighted by Gasteiger charge is -2.22. The Morgan fingerprint density at radius 2 is 1.74 bits per heavy atom. The van der Waals surface area contributed by atoms with Crippen LogP contribution in [0.15, 0.2) is 57.7 Å². The number of halogens is 1. The highest BCUT2D eigenvalue weighted by Crippen LogP contribution is 2.23. The van der Waals surface area contributed by atoms with E-state index in [1.54, 1.807) is 12.1 Å². The number of fused-ring (bicyclic) bond motifs is 1. The molecular formula is C24H24FN3O6. The fourth-order valence-electron chi connectivity index (χ4n) is 3.53. The lowest BCUT2D eigenvalue weighted by molar-refractivity contribution is -0.130. The number of amides is 3. The molecule has 4 N–H and O–H groups in total. The van der Waals surface area contributed by atoms with Crippen molar-refractivity contribution in [2.45, 2.75) is 31.8 Å². The van der Waals surface area contributed by atoms with Gasteiger partial charge in [-0.1, -0.05) is 12.1 Å². The molecule has 0 saturated carbocycles. The fraction of sp³-hybridized carbons (Fsp3) is 0.250. The van der Waals surface area contributed by atoms with Crippen LogP contribution in [-0.2, 0) is 27.2 Å². The molecule has 1 heterocycles. The second-order valence-electron chi connectivity index (χ2n) is 7.70. The zero-order valence-electron chi connectivity index (χ0n) is 18.6. The quantitative estimate of drug-likeness (QED) is 0.402. The highest BCUT2D eigenvalue weighted by molar-refractivity contribution is 5.92. The first-order chi connectivity index (χ1) is 16.2. The van der Waals surface area contributed by atoms with Gasteiger partial charge in [0.05, 0.1) is 7.11 Å². The predicted octanol–water partition coefficient (Wildman–Crippen LogP) is 1.20. The van der Waals surface area contributed by atoms with Crippen LogP contribution in [0.5, 0.6) is 5.75 Å². The highest BCUT2D eigenvalue weighted by atomic mass is 19.1. The molecule has 0 aliphatic rings. The molecule has 0 fully saturated rings. The van der Waals surface area contributed by atoms with E-state index in [0.717, 1.165) is 0 Å². The minimum Gasteiger partial charge on any atom is -0.497 e. The van der Waals surface area contributed by atoms with E-state index in [9.17, 15) is 23.6 Å². The smallest absolute Gasteiger partial charge is 0.336 e. The number of hydrogen-bond acceptors (Lipinski definition) is 6. The predicted molar refractivity (Wildman–Crippen MR) is 122 cm³/mol. The number of hydrogen-bond donors (Lipinski definition) is 3. The maximum Gasteiger partial charge on any atom is 0.336 e. The van der Waals surface area contributed by atoms with Crippen molar-refractivity contribution < 1.29 is 27.9 Å². The topological polar surface area (TPSA) is 141 Å². The van der Waals surface area contributed by atoms with E-state index in [1.807, 2.05) is 0 Å². The van der Waals surface area contributed by atoms with Gasteiger partial charge in [-0.25, -0.2) is 9.18 Å². The van der Waals surface area contributed by atoms with Crippen LogP contribution in [0.25, 0.3) is 11.0 Å². The third kappa shape index (κ3) is 6.18. The summed E-state index contributed by atoms with van der Waals surface area (Å²) >= 11 is 0. The van der Waals surface area contributed by atoms with E-state index in [2.05, 4.69) is 10.6 Å². The minimum absolute atomic E-state index is 0.0643. The Hall–Kier alpha value is -4.21. The molecule has 178 valence electrons. The Balaban J connectivity index is 1.85. The molecule has 0 unspecified atom stereocenters. The number of carbonyl (C=O) groups excluding carboxylic acids is 3. The molecule has 0 radical (unpaired) electrons. The Bertz CT molecular complexity index is 1270. The molecular weight excluding hydrogens is 445 g/mol. The van der Waals surface area contributed by atoms with Crippen molar-refractivity contribution in [3.8, 4) is 5.75 Å². The average Bonchev–Trinajstić information content (AvgIpc) is 2.78. The summed E-state index contributed by atoms with van der Waals surface area (Å²) in [7, 11) is 1.47. The molecule has 0 saturated heterocycles. The van der Waals surface area contributed by atoms with Gasteiger partial charge in [-0.2, -0.15) is 0 Å². The van der Waals surface area contributed by atoms with Gasteiger partial charge < -0.3 is 25.5 Å². The minimum atomic E-state index is -1.18. The van der Waals surface area contributed by atoms with Crippen molar-refractivity contribution in [2.24, 2.45) is 5.73 Å². The van der Waals surface area contributed by atoms with Crippen molar-refractivity contribution in [3.63, 3.8) is 0 Å². The summed E-state index contributed by atoms with van der Waals surface area (Å²) in [4.78, 5) is 48.8. The average molecular weight is 469 g/mol. The lowest BCUT2D eigenvalue weighted by Crippen LogP contribution is -2.54. The number of primary amides is 1. The monoisotopic (exact) mass is 469 g/mol. The van der Waals surface area contributed by atoms with Gasteiger partial charge >= 0.3 is 5.63 Å². The molecule has 3 amide bonds. The second-order valence-corrected chi connectivity index (χ2v) is 7.70. The molecule has 3 rings (SSSR count). The standard InChI is InChI=1S/C24H24FN3O6/c1-13(29)27-20(9-14-3-5-16(25)6-4-14)24(32)28-19(23(26)31)10-15-11-22(30)34-21-12-17(33-2)7-8-18(15)21/h3-8,11-12,19-20H,9-10H2,1-2H3,(H2,26,31)(H,27,29)(H,28,32)/t19-,20-/m1/s1. The Morgan fingerprint density at radius 3 is 2.35 bits per heavy atom. The van der Waals surface area contributed by atoms with Crippen LogP contribution < -0.4 is 26.7 Å². The van der Waals surface area contributed by atoms with Crippen LogP contribution in [0, 0.1) is 5.82 Å². The summed E-state index contributed by atoms with van der Waals surface area (Å²) in [6.45, 7) is 1.25. The van der Waals surface area contributed by atoms with E-state index in [4.69, 9.17) is 14.9 Å². The van der Waals surface area contributed by atoms with E-state index in [0.29, 0.717) is 22.3 Å². The molecule has 0 aliphatic heterocycles. The SMILES string of the molecule is COc1ccc2c(C[C@@H](NC(=O)[C@@H](Cc3ccc(F)cc3)NC(C)=O)C(N)=O)cc(=O)oc2c1. The van der Waals surface area contributed by atoms with Gasteiger partial charge in [-0.05, 0) is 35.4 Å².